The average molecular weight is 380 g/mol. The third-order valence-electron chi connectivity index (χ3n) is 3.88. The Balaban J connectivity index is 2.01. The predicted octanol–water partition coefficient (Wildman–Crippen LogP) is 3.03. The number of carbonyl (C=O) groups excluding carboxylic acids is 1. The van der Waals surface area contributed by atoms with E-state index in [1.54, 1.807) is 12.1 Å². The smallest absolute Gasteiger partial charge is 0.230 e. The van der Waals surface area contributed by atoms with Crippen LogP contribution >= 0.6 is 11.8 Å². The molecule has 1 aromatic carbocycles. The summed E-state index contributed by atoms with van der Waals surface area (Å²) in [5.74, 6) is 6.59. The molecule has 142 valence electrons. The lowest BCUT2D eigenvalue weighted by Crippen LogP contribution is -2.33. The van der Waals surface area contributed by atoms with Crippen molar-refractivity contribution in [2.45, 2.75) is 51.2 Å². The van der Waals surface area contributed by atoms with Gasteiger partial charge in [-0.15, -0.1) is 10.2 Å². The van der Waals surface area contributed by atoms with Gasteiger partial charge in [0.2, 0.25) is 11.1 Å². The summed E-state index contributed by atoms with van der Waals surface area (Å²) < 4.78 is 14.6. The monoisotopic (exact) mass is 379 g/mol. The van der Waals surface area contributed by atoms with E-state index in [2.05, 4.69) is 15.5 Å². The first kappa shape index (κ1) is 20.2. The summed E-state index contributed by atoms with van der Waals surface area (Å²) in [7, 11) is 0. The minimum Gasteiger partial charge on any atom is -0.348 e. The maximum Gasteiger partial charge on any atom is 0.230 e. The van der Waals surface area contributed by atoms with Crippen molar-refractivity contribution >= 4 is 17.7 Å². The fraction of sp³-hybridized carbons (Fsp3) is 0.500. The highest BCUT2D eigenvalue weighted by molar-refractivity contribution is 7.99. The summed E-state index contributed by atoms with van der Waals surface area (Å²) >= 11 is 1.24. The molecule has 1 atom stereocenters. The van der Waals surface area contributed by atoms with E-state index in [0.717, 1.165) is 5.56 Å². The van der Waals surface area contributed by atoms with Crippen molar-refractivity contribution < 1.29 is 9.18 Å². The zero-order valence-electron chi connectivity index (χ0n) is 15.8. The molecule has 1 unspecified atom stereocenters. The molecule has 0 aliphatic carbocycles. The van der Waals surface area contributed by atoms with Crippen LogP contribution in [0.2, 0.25) is 0 Å². The number of nitrogens with two attached hydrogens (primary N) is 1. The Kier molecular flexibility index (Phi) is 6.28. The molecule has 0 aliphatic heterocycles. The lowest BCUT2D eigenvalue weighted by Gasteiger charge is -2.23. The van der Waals surface area contributed by atoms with E-state index < -0.39 is 0 Å². The van der Waals surface area contributed by atoms with Crippen molar-refractivity contribution in [3.8, 4) is 0 Å². The summed E-state index contributed by atoms with van der Waals surface area (Å²) in [5.41, 5.74) is 0.644. The van der Waals surface area contributed by atoms with E-state index in [-0.39, 0.29) is 34.9 Å². The van der Waals surface area contributed by atoms with E-state index in [0.29, 0.717) is 11.0 Å². The topological polar surface area (TPSA) is 85.8 Å². The van der Waals surface area contributed by atoms with Crippen molar-refractivity contribution in [2.75, 3.05) is 11.6 Å². The second-order valence-corrected chi connectivity index (χ2v) is 8.50. The lowest BCUT2D eigenvalue weighted by molar-refractivity contribution is -0.119. The molecule has 26 heavy (non-hydrogen) atoms. The Labute approximate surface area is 157 Å². The van der Waals surface area contributed by atoms with Gasteiger partial charge >= 0.3 is 0 Å². The molecule has 0 spiro atoms. The Morgan fingerprint density at radius 2 is 1.88 bits per heavy atom. The molecule has 0 radical (unpaired) electrons. The fourth-order valence-electron chi connectivity index (χ4n) is 2.54. The Bertz CT molecular complexity index is 752. The summed E-state index contributed by atoms with van der Waals surface area (Å²) in [5, 5.41) is 11.7. The standard InChI is InChI=1S/C18H26FN5OS/c1-11(2)15(12-6-8-13(19)9-7-12)21-14(25)10-26-17-23-22-16(24(17)20)18(3,4)5/h6-9,11,15H,10,20H2,1-5H3,(H,21,25). The summed E-state index contributed by atoms with van der Waals surface area (Å²) in [6.45, 7) is 10.0. The average Bonchev–Trinajstić information content (AvgIpc) is 2.92. The maximum absolute atomic E-state index is 13.1. The van der Waals surface area contributed by atoms with E-state index in [1.165, 1.54) is 28.6 Å². The highest BCUT2D eigenvalue weighted by Gasteiger charge is 2.24. The van der Waals surface area contributed by atoms with Crippen LogP contribution in [0.25, 0.3) is 0 Å². The minimum atomic E-state index is -0.296. The summed E-state index contributed by atoms with van der Waals surface area (Å²) in [4.78, 5) is 12.4. The number of hydrogen-bond acceptors (Lipinski definition) is 5. The van der Waals surface area contributed by atoms with Crippen molar-refractivity contribution in [2.24, 2.45) is 5.92 Å². The SMILES string of the molecule is CC(C)C(NC(=O)CSc1nnc(C(C)(C)C)n1N)c1ccc(F)cc1. The second-order valence-electron chi connectivity index (χ2n) is 7.56. The number of benzene rings is 1. The quantitative estimate of drug-likeness (QED) is 0.595. The van der Waals surface area contributed by atoms with Gasteiger partial charge in [-0.3, -0.25) is 4.79 Å². The predicted molar refractivity (Wildman–Crippen MR) is 102 cm³/mol. The number of nitrogens with one attached hydrogen (secondary N) is 1. The first-order valence-electron chi connectivity index (χ1n) is 8.48. The van der Waals surface area contributed by atoms with Crippen LogP contribution in [0.5, 0.6) is 0 Å². The van der Waals surface area contributed by atoms with Crippen LogP contribution in [0.3, 0.4) is 0 Å². The Morgan fingerprint density at radius 3 is 2.38 bits per heavy atom. The van der Waals surface area contributed by atoms with E-state index >= 15 is 0 Å². The first-order chi connectivity index (χ1) is 12.1. The molecule has 3 N–H and O–H groups in total. The third-order valence-corrected chi connectivity index (χ3v) is 4.82. The van der Waals surface area contributed by atoms with Gasteiger partial charge in [0.1, 0.15) is 5.82 Å². The number of carbonyl (C=O) groups is 1. The lowest BCUT2D eigenvalue weighted by atomic mass is 9.96. The molecule has 1 aromatic heterocycles. The van der Waals surface area contributed by atoms with E-state index in [9.17, 15) is 9.18 Å². The van der Waals surface area contributed by atoms with Gasteiger partial charge in [-0.1, -0.05) is 58.5 Å². The molecule has 0 aliphatic rings. The van der Waals surface area contributed by atoms with Gasteiger partial charge in [0.05, 0.1) is 11.8 Å². The highest BCUT2D eigenvalue weighted by atomic mass is 32.2. The van der Waals surface area contributed by atoms with Gasteiger partial charge in [0, 0.05) is 5.41 Å². The van der Waals surface area contributed by atoms with Gasteiger partial charge in [-0.2, -0.15) is 0 Å². The summed E-state index contributed by atoms with van der Waals surface area (Å²) in [6, 6.07) is 6.00. The third kappa shape index (κ3) is 4.97. The molecule has 0 saturated heterocycles. The van der Waals surface area contributed by atoms with Crippen molar-refractivity contribution in [3.63, 3.8) is 0 Å². The zero-order chi connectivity index (χ0) is 19.5. The van der Waals surface area contributed by atoms with Gasteiger partial charge in [0.15, 0.2) is 5.82 Å². The number of thioether (sulfide) groups is 1. The summed E-state index contributed by atoms with van der Waals surface area (Å²) in [6.07, 6.45) is 0. The Hall–Kier alpha value is -2.09. The number of nitrogen functional groups attached to an aromatic ring is 1. The van der Waals surface area contributed by atoms with Crippen molar-refractivity contribution in [1.82, 2.24) is 20.2 Å². The van der Waals surface area contributed by atoms with Gasteiger partial charge in [-0.25, -0.2) is 9.07 Å². The zero-order valence-corrected chi connectivity index (χ0v) is 16.6. The number of nitrogens with zero attached hydrogens (tertiary/aromatic N) is 3. The normalized spacial score (nSPS) is 13.0. The van der Waals surface area contributed by atoms with Crippen LogP contribution in [0.1, 0.15) is 52.0 Å². The van der Waals surface area contributed by atoms with Crippen LogP contribution in [-0.4, -0.2) is 26.5 Å². The van der Waals surface area contributed by atoms with Gasteiger partial charge < -0.3 is 11.2 Å². The number of amides is 1. The highest BCUT2D eigenvalue weighted by Crippen LogP contribution is 2.24. The maximum atomic E-state index is 13.1. The van der Waals surface area contributed by atoms with Crippen LogP contribution < -0.4 is 11.2 Å². The minimum absolute atomic E-state index is 0.140. The van der Waals surface area contributed by atoms with Crippen LogP contribution in [0.15, 0.2) is 29.4 Å². The number of aromatic nitrogens is 3. The molecule has 2 rings (SSSR count). The molecule has 6 nitrogen and oxygen atoms in total. The molecule has 0 fully saturated rings. The molecular weight excluding hydrogens is 353 g/mol. The molecule has 1 amide bonds. The largest absolute Gasteiger partial charge is 0.348 e. The van der Waals surface area contributed by atoms with E-state index in [1.807, 2.05) is 34.6 Å². The van der Waals surface area contributed by atoms with E-state index in [4.69, 9.17) is 5.84 Å². The Morgan fingerprint density at radius 1 is 1.27 bits per heavy atom. The molecule has 1 heterocycles. The molecule has 8 heteroatoms. The van der Waals surface area contributed by atoms with Gasteiger partial charge in [-0.05, 0) is 23.6 Å². The van der Waals surface area contributed by atoms with Crippen molar-refractivity contribution in [1.29, 1.82) is 0 Å². The van der Waals surface area contributed by atoms with Crippen LogP contribution in [-0.2, 0) is 10.2 Å². The molecule has 0 saturated carbocycles. The molecule has 0 bridgehead atoms. The van der Waals surface area contributed by atoms with Crippen molar-refractivity contribution in [3.05, 3.63) is 41.5 Å². The van der Waals surface area contributed by atoms with Crippen LogP contribution in [0.4, 0.5) is 4.39 Å². The van der Waals surface area contributed by atoms with Gasteiger partial charge in [0.25, 0.3) is 0 Å². The molecular formula is C18H26FN5OS. The first-order valence-corrected chi connectivity index (χ1v) is 9.46. The number of hydrogen-bond donors (Lipinski definition) is 2. The fourth-order valence-corrected chi connectivity index (χ4v) is 3.20. The second kappa shape index (κ2) is 8.07. The van der Waals surface area contributed by atoms with Crippen LogP contribution in [0, 0.1) is 11.7 Å². The number of rotatable bonds is 6. The number of halogens is 1. The molecule has 2 aromatic rings.